The van der Waals surface area contributed by atoms with Gasteiger partial charge in [-0.15, -0.1) is 0 Å². The fourth-order valence-corrected chi connectivity index (χ4v) is 4.03. The largest absolute Gasteiger partial charge is 0.444 e. The zero-order valence-electron chi connectivity index (χ0n) is 13.0. The summed E-state index contributed by atoms with van der Waals surface area (Å²) >= 11 is 0. The summed E-state index contributed by atoms with van der Waals surface area (Å²) in [6.07, 6.45) is 5.65. The van der Waals surface area contributed by atoms with Crippen LogP contribution in [0.4, 0.5) is 4.79 Å². The normalized spacial score (nSPS) is 33.4. The maximum atomic E-state index is 11.8. The van der Waals surface area contributed by atoms with Gasteiger partial charge in [0.2, 0.25) is 0 Å². The van der Waals surface area contributed by atoms with Crippen LogP contribution in [-0.2, 0) is 4.74 Å². The Balaban J connectivity index is 1.33. The van der Waals surface area contributed by atoms with E-state index in [1.54, 1.807) is 4.90 Å². The molecule has 4 nitrogen and oxygen atoms in total. The molecule has 20 heavy (non-hydrogen) atoms. The minimum absolute atomic E-state index is 0.171. The summed E-state index contributed by atoms with van der Waals surface area (Å²) in [5, 5.41) is 3.64. The molecule has 1 N–H and O–H groups in total. The quantitative estimate of drug-likeness (QED) is 0.864. The second kappa shape index (κ2) is 5.21. The highest BCUT2D eigenvalue weighted by Gasteiger charge is 2.40. The van der Waals surface area contributed by atoms with E-state index in [4.69, 9.17) is 4.74 Å². The second-order valence-electron chi connectivity index (χ2n) is 7.93. The molecule has 3 rings (SSSR count). The first-order valence-electron chi connectivity index (χ1n) is 8.12. The number of likely N-dealkylation sites (tertiary alicyclic amines) is 1. The summed E-state index contributed by atoms with van der Waals surface area (Å²) in [6.45, 7) is 8.49. The second-order valence-corrected chi connectivity index (χ2v) is 7.93. The number of hydrogen-bond acceptors (Lipinski definition) is 3. The van der Waals surface area contributed by atoms with Crippen LogP contribution in [0.25, 0.3) is 0 Å². The molecular weight excluding hydrogens is 252 g/mol. The lowest BCUT2D eigenvalue weighted by Crippen LogP contribution is -2.61. The molecule has 0 radical (unpaired) electrons. The number of amides is 1. The van der Waals surface area contributed by atoms with Crippen molar-refractivity contribution in [2.45, 2.75) is 58.1 Å². The number of fused-ring (bicyclic) bond motifs is 2. The molecule has 0 aromatic heterocycles. The average Bonchev–Trinajstić information content (AvgIpc) is 2.85. The summed E-state index contributed by atoms with van der Waals surface area (Å²) in [7, 11) is 0. The number of hydrogen-bond donors (Lipinski definition) is 1. The SMILES string of the molecule is CC(C)(C)OC(=O)N1CC(NCC2CC3CCC2C3)C1. The molecule has 0 aromatic carbocycles. The lowest BCUT2D eigenvalue weighted by Gasteiger charge is -2.41. The highest BCUT2D eigenvalue weighted by molar-refractivity contribution is 5.69. The van der Waals surface area contributed by atoms with E-state index in [2.05, 4.69) is 5.32 Å². The van der Waals surface area contributed by atoms with Gasteiger partial charge in [0.1, 0.15) is 5.60 Å². The molecule has 2 aliphatic carbocycles. The number of carbonyl (C=O) groups is 1. The minimum Gasteiger partial charge on any atom is -0.444 e. The molecular formula is C16H28N2O2. The fraction of sp³-hybridized carbons (Fsp3) is 0.938. The molecule has 1 saturated heterocycles. The lowest BCUT2D eigenvalue weighted by molar-refractivity contribution is 0.00478. The molecule has 3 aliphatic rings. The van der Waals surface area contributed by atoms with Crippen molar-refractivity contribution in [1.29, 1.82) is 0 Å². The van der Waals surface area contributed by atoms with Crippen molar-refractivity contribution in [1.82, 2.24) is 10.2 Å². The van der Waals surface area contributed by atoms with Crippen molar-refractivity contribution in [3.05, 3.63) is 0 Å². The Morgan fingerprint density at radius 2 is 2.00 bits per heavy atom. The van der Waals surface area contributed by atoms with Crippen molar-refractivity contribution in [2.75, 3.05) is 19.6 Å². The van der Waals surface area contributed by atoms with Crippen LogP contribution < -0.4 is 5.32 Å². The average molecular weight is 280 g/mol. The Labute approximate surface area is 122 Å². The molecule has 0 spiro atoms. The van der Waals surface area contributed by atoms with Gasteiger partial charge in [0.15, 0.2) is 0 Å². The Kier molecular flexibility index (Phi) is 3.69. The van der Waals surface area contributed by atoms with Crippen LogP contribution in [-0.4, -0.2) is 42.3 Å². The first-order valence-corrected chi connectivity index (χ1v) is 8.12. The molecule has 1 amide bonds. The Morgan fingerprint density at radius 1 is 1.25 bits per heavy atom. The third kappa shape index (κ3) is 3.11. The molecule has 3 atom stereocenters. The number of carbonyl (C=O) groups excluding carboxylic acids is 1. The lowest BCUT2D eigenvalue weighted by atomic mass is 9.88. The van der Waals surface area contributed by atoms with Crippen LogP contribution in [0.2, 0.25) is 0 Å². The number of nitrogens with one attached hydrogen (secondary N) is 1. The van der Waals surface area contributed by atoms with Crippen LogP contribution in [0.1, 0.15) is 46.5 Å². The van der Waals surface area contributed by atoms with Crippen LogP contribution in [0.15, 0.2) is 0 Å². The zero-order chi connectivity index (χ0) is 14.3. The fourth-order valence-electron chi connectivity index (χ4n) is 4.03. The van der Waals surface area contributed by atoms with Gasteiger partial charge in [-0.25, -0.2) is 4.79 Å². The van der Waals surface area contributed by atoms with Gasteiger partial charge in [-0.1, -0.05) is 6.42 Å². The van der Waals surface area contributed by atoms with E-state index >= 15 is 0 Å². The van der Waals surface area contributed by atoms with E-state index in [0.717, 1.165) is 37.4 Å². The van der Waals surface area contributed by atoms with Gasteiger partial charge in [-0.2, -0.15) is 0 Å². The van der Waals surface area contributed by atoms with Crippen molar-refractivity contribution in [2.24, 2.45) is 17.8 Å². The maximum Gasteiger partial charge on any atom is 0.410 e. The molecule has 1 aliphatic heterocycles. The monoisotopic (exact) mass is 280 g/mol. The first kappa shape index (κ1) is 14.2. The highest BCUT2D eigenvalue weighted by Crippen LogP contribution is 2.47. The number of nitrogens with zero attached hydrogens (tertiary/aromatic N) is 1. The number of ether oxygens (including phenoxy) is 1. The molecule has 4 heteroatoms. The van der Waals surface area contributed by atoms with Gasteiger partial charge >= 0.3 is 6.09 Å². The predicted octanol–water partition coefficient (Wildman–Crippen LogP) is 2.63. The van der Waals surface area contributed by atoms with E-state index in [-0.39, 0.29) is 6.09 Å². The van der Waals surface area contributed by atoms with Crippen molar-refractivity contribution >= 4 is 6.09 Å². The molecule has 2 bridgehead atoms. The summed E-state index contributed by atoms with van der Waals surface area (Å²) in [5.74, 6) is 2.89. The van der Waals surface area contributed by atoms with Gasteiger partial charge in [-0.3, -0.25) is 0 Å². The highest BCUT2D eigenvalue weighted by atomic mass is 16.6. The molecule has 114 valence electrons. The van der Waals surface area contributed by atoms with Gasteiger partial charge in [0, 0.05) is 19.1 Å². The third-order valence-electron chi connectivity index (χ3n) is 5.09. The molecule has 3 fully saturated rings. The van der Waals surface area contributed by atoms with Crippen molar-refractivity contribution in [3.63, 3.8) is 0 Å². The molecule has 2 saturated carbocycles. The van der Waals surface area contributed by atoms with E-state index in [1.807, 2.05) is 20.8 Å². The van der Waals surface area contributed by atoms with Gasteiger partial charge < -0.3 is 15.0 Å². The zero-order valence-corrected chi connectivity index (χ0v) is 13.0. The van der Waals surface area contributed by atoms with Crippen molar-refractivity contribution in [3.8, 4) is 0 Å². The Bertz CT molecular complexity index is 371. The van der Waals surface area contributed by atoms with Crippen molar-refractivity contribution < 1.29 is 9.53 Å². The third-order valence-corrected chi connectivity index (χ3v) is 5.09. The van der Waals surface area contributed by atoms with Gasteiger partial charge in [0.05, 0.1) is 0 Å². The standard InChI is InChI=1S/C16H28N2O2/c1-16(2,3)20-15(19)18-9-14(10-18)17-8-13-7-11-4-5-12(13)6-11/h11-14,17H,4-10H2,1-3H3. The predicted molar refractivity (Wildman–Crippen MR) is 78.5 cm³/mol. The van der Waals surface area contributed by atoms with Gasteiger partial charge in [0.25, 0.3) is 0 Å². The summed E-state index contributed by atoms with van der Waals surface area (Å²) < 4.78 is 5.37. The molecule has 3 unspecified atom stereocenters. The smallest absolute Gasteiger partial charge is 0.410 e. The van der Waals surface area contributed by atoms with Crippen LogP contribution >= 0.6 is 0 Å². The minimum atomic E-state index is -0.390. The summed E-state index contributed by atoms with van der Waals surface area (Å²) in [4.78, 5) is 13.6. The Hall–Kier alpha value is -0.770. The van der Waals surface area contributed by atoms with Crippen LogP contribution in [0, 0.1) is 17.8 Å². The van der Waals surface area contributed by atoms with E-state index in [1.165, 1.54) is 25.7 Å². The Morgan fingerprint density at radius 3 is 2.55 bits per heavy atom. The summed E-state index contributed by atoms with van der Waals surface area (Å²) in [6, 6.07) is 0.474. The first-order chi connectivity index (χ1) is 9.40. The number of rotatable bonds is 3. The van der Waals surface area contributed by atoms with Crippen LogP contribution in [0.3, 0.4) is 0 Å². The van der Waals surface area contributed by atoms with E-state index < -0.39 is 5.60 Å². The van der Waals surface area contributed by atoms with Gasteiger partial charge in [-0.05, 0) is 64.3 Å². The topological polar surface area (TPSA) is 41.6 Å². The summed E-state index contributed by atoms with van der Waals surface area (Å²) in [5.41, 5.74) is -0.390. The molecule has 1 heterocycles. The molecule has 0 aromatic rings. The van der Waals surface area contributed by atoms with Crippen LogP contribution in [0.5, 0.6) is 0 Å². The van der Waals surface area contributed by atoms with E-state index in [0.29, 0.717) is 6.04 Å². The maximum absolute atomic E-state index is 11.8. The van der Waals surface area contributed by atoms with E-state index in [9.17, 15) is 4.79 Å².